The molecule has 0 atom stereocenters. The fourth-order valence-electron chi connectivity index (χ4n) is 1.24. The van der Waals surface area contributed by atoms with Crippen molar-refractivity contribution in [2.24, 2.45) is 0 Å². The van der Waals surface area contributed by atoms with Crippen LogP contribution in [0, 0.1) is 0 Å². The summed E-state index contributed by atoms with van der Waals surface area (Å²) in [6.45, 7) is 6.16. The lowest BCUT2D eigenvalue weighted by Crippen LogP contribution is -2.15. The molecule has 3 nitrogen and oxygen atoms in total. The highest BCUT2D eigenvalue weighted by atomic mass is 16.5. The summed E-state index contributed by atoms with van der Waals surface area (Å²) in [7, 11) is 1.58. The Balaban J connectivity index is 3.25. The quantitative estimate of drug-likeness (QED) is 0.676. The number of methoxy groups -OCH3 is 1. The molecule has 0 aliphatic carbocycles. The Kier molecular flexibility index (Phi) is 2.89. The van der Waals surface area contributed by atoms with Crippen molar-refractivity contribution in [2.45, 2.75) is 26.2 Å². The van der Waals surface area contributed by atoms with Crippen molar-refractivity contribution in [2.75, 3.05) is 7.11 Å². The molecular weight excluding hydrogens is 178 g/mol. The highest BCUT2D eigenvalue weighted by Gasteiger charge is 2.20. The van der Waals surface area contributed by atoms with Crippen molar-refractivity contribution in [3.8, 4) is 5.75 Å². The number of carbonyl (C=O) groups is 1. The molecule has 3 heteroatoms. The van der Waals surface area contributed by atoms with Crippen LogP contribution in [0.5, 0.6) is 5.75 Å². The van der Waals surface area contributed by atoms with Gasteiger partial charge in [0.2, 0.25) is 0 Å². The van der Waals surface area contributed by atoms with Gasteiger partial charge in [-0.15, -0.1) is 0 Å². The molecule has 1 aromatic heterocycles. The molecule has 0 saturated carbocycles. The van der Waals surface area contributed by atoms with Crippen molar-refractivity contribution < 1.29 is 9.53 Å². The van der Waals surface area contributed by atoms with Crippen LogP contribution < -0.4 is 4.74 Å². The number of carbonyl (C=O) groups excluding carboxylic acids is 1. The lowest BCUT2D eigenvalue weighted by atomic mass is 9.90. The van der Waals surface area contributed by atoms with Gasteiger partial charge in [0, 0.05) is 17.2 Å². The second-order valence-corrected chi connectivity index (χ2v) is 4.19. The van der Waals surface area contributed by atoms with Crippen LogP contribution in [0.15, 0.2) is 12.3 Å². The van der Waals surface area contributed by atoms with Crippen molar-refractivity contribution in [3.05, 3.63) is 23.5 Å². The second kappa shape index (κ2) is 3.78. The zero-order chi connectivity index (χ0) is 10.8. The monoisotopic (exact) mass is 193 g/mol. The van der Waals surface area contributed by atoms with Gasteiger partial charge < -0.3 is 4.74 Å². The van der Waals surface area contributed by atoms with E-state index in [1.54, 1.807) is 19.4 Å². The fraction of sp³-hybridized carbons (Fsp3) is 0.455. The molecule has 0 aromatic carbocycles. The largest absolute Gasteiger partial charge is 0.495 e. The van der Waals surface area contributed by atoms with Gasteiger partial charge in [-0.2, -0.15) is 0 Å². The lowest BCUT2D eigenvalue weighted by molar-refractivity contribution is 0.112. The Morgan fingerprint density at radius 2 is 2.07 bits per heavy atom. The fourth-order valence-corrected chi connectivity index (χ4v) is 1.24. The van der Waals surface area contributed by atoms with Crippen LogP contribution in [0.25, 0.3) is 0 Å². The molecule has 0 spiro atoms. The molecule has 14 heavy (non-hydrogen) atoms. The molecular formula is C11H15NO2. The first kappa shape index (κ1) is 10.7. The molecule has 0 N–H and O–H groups in total. The van der Waals surface area contributed by atoms with Gasteiger partial charge >= 0.3 is 0 Å². The standard InChI is InChI=1S/C11H15NO2/c1-11(2,3)10-9(14-4)5-8(7-13)6-12-10/h5-7H,1-4H3. The Hall–Kier alpha value is -1.38. The number of aldehydes is 1. The SMILES string of the molecule is COc1cc(C=O)cnc1C(C)(C)C. The van der Waals surface area contributed by atoms with Gasteiger partial charge in [-0.1, -0.05) is 20.8 Å². The van der Waals surface area contributed by atoms with Gasteiger partial charge in [0.15, 0.2) is 6.29 Å². The summed E-state index contributed by atoms with van der Waals surface area (Å²) in [5, 5.41) is 0. The van der Waals surface area contributed by atoms with Crippen molar-refractivity contribution in [3.63, 3.8) is 0 Å². The smallest absolute Gasteiger partial charge is 0.151 e. The minimum atomic E-state index is -0.0766. The molecule has 0 unspecified atom stereocenters. The predicted molar refractivity (Wildman–Crippen MR) is 54.9 cm³/mol. The van der Waals surface area contributed by atoms with E-state index in [1.807, 2.05) is 0 Å². The van der Waals surface area contributed by atoms with E-state index in [1.165, 1.54) is 0 Å². The summed E-state index contributed by atoms with van der Waals surface area (Å²) >= 11 is 0. The van der Waals surface area contributed by atoms with E-state index in [2.05, 4.69) is 25.8 Å². The van der Waals surface area contributed by atoms with Crippen LogP contribution >= 0.6 is 0 Å². The van der Waals surface area contributed by atoms with E-state index in [0.717, 1.165) is 12.0 Å². The second-order valence-electron chi connectivity index (χ2n) is 4.19. The molecule has 1 heterocycles. The van der Waals surface area contributed by atoms with Crippen LogP contribution in [0.2, 0.25) is 0 Å². The summed E-state index contributed by atoms with van der Waals surface area (Å²) in [6.07, 6.45) is 2.33. The Labute approximate surface area is 84.1 Å². The van der Waals surface area contributed by atoms with Gasteiger partial charge in [0.05, 0.1) is 12.8 Å². The summed E-state index contributed by atoms with van der Waals surface area (Å²) in [6, 6.07) is 1.71. The maximum Gasteiger partial charge on any atom is 0.151 e. The maximum atomic E-state index is 10.5. The predicted octanol–water partition coefficient (Wildman–Crippen LogP) is 2.20. The molecule has 76 valence electrons. The number of nitrogens with zero attached hydrogens (tertiary/aromatic N) is 1. The van der Waals surface area contributed by atoms with Gasteiger partial charge in [-0.25, -0.2) is 0 Å². The molecule has 1 aromatic rings. The molecule has 0 aliphatic heterocycles. The first-order valence-electron chi connectivity index (χ1n) is 4.48. The molecule has 0 radical (unpaired) electrons. The van der Waals surface area contributed by atoms with Crippen molar-refractivity contribution in [1.82, 2.24) is 4.98 Å². The molecule has 1 rings (SSSR count). The number of rotatable bonds is 2. The number of pyridine rings is 1. The maximum absolute atomic E-state index is 10.5. The van der Waals surface area contributed by atoms with E-state index in [-0.39, 0.29) is 5.41 Å². The van der Waals surface area contributed by atoms with Crippen LogP contribution in [0.4, 0.5) is 0 Å². The summed E-state index contributed by atoms with van der Waals surface area (Å²) < 4.78 is 5.19. The molecule has 0 bridgehead atoms. The third kappa shape index (κ3) is 2.10. The van der Waals surface area contributed by atoms with Crippen molar-refractivity contribution in [1.29, 1.82) is 0 Å². The van der Waals surface area contributed by atoms with Crippen LogP contribution in [0.3, 0.4) is 0 Å². The van der Waals surface area contributed by atoms with Gasteiger partial charge in [0.1, 0.15) is 5.75 Å². The van der Waals surface area contributed by atoms with E-state index in [4.69, 9.17) is 4.74 Å². The van der Waals surface area contributed by atoms with E-state index < -0.39 is 0 Å². The summed E-state index contributed by atoms with van der Waals surface area (Å²) in [4.78, 5) is 14.8. The van der Waals surface area contributed by atoms with Gasteiger partial charge in [-0.05, 0) is 6.07 Å². The minimum absolute atomic E-state index is 0.0766. The zero-order valence-electron chi connectivity index (χ0n) is 9.00. The Morgan fingerprint density at radius 3 is 2.50 bits per heavy atom. The summed E-state index contributed by atoms with van der Waals surface area (Å²) in [5.41, 5.74) is 1.33. The highest BCUT2D eigenvalue weighted by molar-refractivity contribution is 5.75. The third-order valence-corrected chi connectivity index (χ3v) is 1.94. The van der Waals surface area contributed by atoms with Gasteiger partial charge in [-0.3, -0.25) is 9.78 Å². The number of aromatic nitrogens is 1. The summed E-state index contributed by atoms with van der Waals surface area (Å²) in [5.74, 6) is 0.669. The lowest BCUT2D eigenvalue weighted by Gasteiger charge is -2.20. The highest BCUT2D eigenvalue weighted by Crippen LogP contribution is 2.29. The van der Waals surface area contributed by atoms with Gasteiger partial charge in [0.25, 0.3) is 0 Å². The number of hydrogen-bond donors (Lipinski definition) is 0. The Bertz CT molecular complexity index is 340. The van der Waals surface area contributed by atoms with E-state index in [9.17, 15) is 4.79 Å². The number of ether oxygens (including phenoxy) is 1. The zero-order valence-corrected chi connectivity index (χ0v) is 9.00. The van der Waals surface area contributed by atoms with Crippen LogP contribution in [-0.2, 0) is 5.41 Å². The van der Waals surface area contributed by atoms with Crippen LogP contribution in [0.1, 0.15) is 36.8 Å². The third-order valence-electron chi connectivity index (χ3n) is 1.94. The first-order valence-corrected chi connectivity index (χ1v) is 4.48. The first-order chi connectivity index (χ1) is 6.49. The van der Waals surface area contributed by atoms with E-state index >= 15 is 0 Å². The van der Waals surface area contributed by atoms with Crippen molar-refractivity contribution >= 4 is 6.29 Å². The molecule has 0 saturated heterocycles. The van der Waals surface area contributed by atoms with E-state index in [0.29, 0.717) is 11.3 Å². The molecule has 0 amide bonds. The average Bonchev–Trinajstić information content (AvgIpc) is 2.15. The molecule has 0 aliphatic rings. The van der Waals surface area contributed by atoms with Crippen LogP contribution in [-0.4, -0.2) is 18.4 Å². The minimum Gasteiger partial charge on any atom is -0.495 e. The Morgan fingerprint density at radius 1 is 1.43 bits per heavy atom. The normalized spacial score (nSPS) is 11.1. The topological polar surface area (TPSA) is 39.2 Å². The number of hydrogen-bond acceptors (Lipinski definition) is 3. The average molecular weight is 193 g/mol. The molecule has 0 fully saturated rings.